The number of phenolic OH excluding ortho intramolecular Hbond substituents is 2. The number of allylic oxidation sites excluding steroid dienone is 4. The van der Waals surface area contributed by atoms with Crippen LogP contribution in [0.15, 0.2) is 53.6 Å². The number of ketones is 1. The molecule has 2 aromatic rings. The standard InChI is InChI=1S/C27H34O5/c1-18(2)7-6-8-19(3)9-13-22-20(11-16-26(32-5)27(22)30)10-15-24(28)23-14-12-21(31-4)17-25(23)29/h7,9,11-12,14,16-17,29-30H,6,8,10,13,15H2,1-5H3. The highest BCUT2D eigenvalue weighted by atomic mass is 16.5. The van der Waals surface area contributed by atoms with E-state index >= 15 is 0 Å². The minimum Gasteiger partial charge on any atom is -0.507 e. The number of benzene rings is 2. The van der Waals surface area contributed by atoms with Gasteiger partial charge >= 0.3 is 0 Å². The van der Waals surface area contributed by atoms with Crippen LogP contribution in [0.2, 0.25) is 0 Å². The van der Waals surface area contributed by atoms with Gasteiger partial charge in [0, 0.05) is 18.1 Å². The number of phenols is 2. The van der Waals surface area contributed by atoms with Crippen LogP contribution in [0.3, 0.4) is 0 Å². The lowest BCUT2D eigenvalue weighted by molar-refractivity contribution is 0.0980. The van der Waals surface area contributed by atoms with Crippen molar-refractivity contribution in [1.82, 2.24) is 0 Å². The van der Waals surface area contributed by atoms with E-state index in [4.69, 9.17) is 9.47 Å². The van der Waals surface area contributed by atoms with E-state index < -0.39 is 0 Å². The van der Waals surface area contributed by atoms with Gasteiger partial charge in [-0.25, -0.2) is 0 Å². The van der Waals surface area contributed by atoms with Gasteiger partial charge in [0.2, 0.25) is 0 Å². The molecule has 172 valence electrons. The summed E-state index contributed by atoms with van der Waals surface area (Å²) in [5.74, 6) is 0.756. The Morgan fingerprint density at radius 1 is 0.969 bits per heavy atom. The molecule has 0 saturated carbocycles. The number of ether oxygens (including phenoxy) is 2. The van der Waals surface area contributed by atoms with E-state index in [-0.39, 0.29) is 29.3 Å². The molecule has 0 amide bonds. The molecule has 0 aromatic heterocycles. The van der Waals surface area contributed by atoms with Crippen LogP contribution in [0.25, 0.3) is 0 Å². The third kappa shape index (κ3) is 6.91. The molecule has 0 aliphatic heterocycles. The van der Waals surface area contributed by atoms with Crippen molar-refractivity contribution in [2.24, 2.45) is 0 Å². The molecule has 32 heavy (non-hydrogen) atoms. The van der Waals surface area contributed by atoms with Crippen LogP contribution in [0.5, 0.6) is 23.0 Å². The van der Waals surface area contributed by atoms with Crippen LogP contribution in [0.4, 0.5) is 0 Å². The van der Waals surface area contributed by atoms with Gasteiger partial charge in [0.15, 0.2) is 17.3 Å². The summed E-state index contributed by atoms with van der Waals surface area (Å²) in [4.78, 5) is 12.7. The van der Waals surface area contributed by atoms with Gasteiger partial charge in [-0.05, 0) is 70.2 Å². The number of carbonyl (C=O) groups is 1. The molecule has 2 N–H and O–H groups in total. The second-order valence-electron chi connectivity index (χ2n) is 8.14. The van der Waals surface area contributed by atoms with Gasteiger partial charge in [0.25, 0.3) is 0 Å². The SMILES string of the molecule is COc1ccc(C(=O)CCc2ccc(OC)c(O)c2CC=C(C)CCC=C(C)C)c(O)c1. The van der Waals surface area contributed by atoms with E-state index in [0.29, 0.717) is 24.3 Å². The summed E-state index contributed by atoms with van der Waals surface area (Å²) in [6.07, 6.45) is 7.49. The van der Waals surface area contributed by atoms with E-state index in [1.807, 2.05) is 6.07 Å². The van der Waals surface area contributed by atoms with Crippen LogP contribution in [-0.4, -0.2) is 30.2 Å². The minimum atomic E-state index is -0.167. The third-order valence-electron chi connectivity index (χ3n) is 5.44. The van der Waals surface area contributed by atoms with E-state index in [1.54, 1.807) is 18.2 Å². The zero-order chi connectivity index (χ0) is 23.7. The topological polar surface area (TPSA) is 76.0 Å². The van der Waals surface area contributed by atoms with Gasteiger partial charge in [-0.15, -0.1) is 0 Å². The smallest absolute Gasteiger partial charge is 0.166 e. The Kier molecular flexibility index (Phi) is 9.39. The molecule has 0 fully saturated rings. The van der Waals surface area contributed by atoms with Crippen LogP contribution < -0.4 is 9.47 Å². The summed E-state index contributed by atoms with van der Waals surface area (Å²) < 4.78 is 10.4. The highest BCUT2D eigenvalue weighted by Crippen LogP contribution is 2.34. The quantitative estimate of drug-likeness (QED) is 0.324. The maximum Gasteiger partial charge on any atom is 0.166 e. The lowest BCUT2D eigenvalue weighted by Crippen LogP contribution is -2.04. The average molecular weight is 439 g/mol. The Balaban J connectivity index is 2.18. The van der Waals surface area contributed by atoms with Crippen LogP contribution in [0.1, 0.15) is 61.5 Å². The summed E-state index contributed by atoms with van der Waals surface area (Å²) >= 11 is 0. The highest BCUT2D eigenvalue weighted by molar-refractivity contribution is 5.98. The Hall–Kier alpha value is -3.21. The monoisotopic (exact) mass is 438 g/mol. The van der Waals surface area contributed by atoms with Gasteiger partial charge in [0.05, 0.1) is 19.8 Å². The number of carbonyl (C=O) groups excluding carboxylic acids is 1. The summed E-state index contributed by atoms with van der Waals surface area (Å²) in [5.41, 5.74) is 4.46. The first-order valence-corrected chi connectivity index (χ1v) is 10.8. The van der Waals surface area contributed by atoms with Gasteiger partial charge < -0.3 is 19.7 Å². The van der Waals surface area contributed by atoms with Crippen molar-refractivity contribution >= 4 is 5.78 Å². The van der Waals surface area contributed by atoms with Crippen molar-refractivity contribution in [3.63, 3.8) is 0 Å². The fourth-order valence-corrected chi connectivity index (χ4v) is 3.51. The minimum absolute atomic E-state index is 0.0953. The molecule has 0 unspecified atom stereocenters. The van der Waals surface area contributed by atoms with Gasteiger partial charge in [-0.3, -0.25) is 4.79 Å². The molecular weight excluding hydrogens is 404 g/mol. The molecule has 0 spiro atoms. The van der Waals surface area contributed by atoms with Crippen molar-refractivity contribution in [3.05, 3.63) is 70.3 Å². The van der Waals surface area contributed by atoms with E-state index in [0.717, 1.165) is 24.0 Å². The van der Waals surface area contributed by atoms with Crippen LogP contribution >= 0.6 is 0 Å². The molecule has 2 aromatic carbocycles. The van der Waals surface area contributed by atoms with Crippen molar-refractivity contribution in [3.8, 4) is 23.0 Å². The van der Waals surface area contributed by atoms with Crippen molar-refractivity contribution in [2.75, 3.05) is 14.2 Å². The number of rotatable bonds is 11. The van der Waals surface area contributed by atoms with Gasteiger partial charge in [-0.1, -0.05) is 29.4 Å². The predicted octanol–water partition coefficient (Wildman–Crippen LogP) is 6.17. The van der Waals surface area contributed by atoms with Crippen LogP contribution in [0, 0.1) is 0 Å². The van der Waals surface area contributed by atoms with Crippen LogP contribution in [-0.2, 0) is 12.8 Å². The molecule has 0 aliphatic rings. The molecule has 5 nitrogen and oxygen atoms in total. The number of hydrogen-bond acceptors (Lipinski definition) is 5. The fraction of sp³-hybridized carbons (Fsp3) is 0.370. The summed E-state index contributed by atoms with van der Waals surface area (Å²) in [6.45, 7) is 6.27. The molecule has 0 aliphatic carbocycles. The highest BCUT2D eigenvalue weighted by Gasteiger charge is 2.16. The maximum absolute atomic E-state index is 12.7. The van der Waals surface area contributed by atoms with E-state index in [1.165, 1.54) is 31.4 Å². The van der Waals surface area contributed by atoms with Crippen molar-refractivity contribution < 1.29 is 24.5 Å². The summed E-state index contributed by atoms with van der Waals surface area (Å²) in [5, 5.41) is 20.9. The molecule has 5 heteroatoms. The largest absolute Gasteiger partial charge is 0.507 e. The first kappa shape index (κ1) is 25.1. The molecular formula is C27H34O5. The summed E-state index contributed by atoms with van der Waals surface area (Å²) in [6, 6.07) is 8.26. The Bertz CT molecular complexity index is 997. The lowest BCUT2D eigenvalue weighted by Gasteiger charge is -2.14. The van der Waals surface area contributed by atoms with Gasteiger partial charge in [-0.2, -0.15) is 0 Å². The summed E-state index contributed by atoms with van der Waals surface area (Å²) in [7, 11) is 3.03. The third-order valence-corrected chi connectivity index (χ3v) is 5.44. The molecule has 0 bridgehead atoms. The number of hydrogen-bond donors (Lipinski definition) is 2. The normalized spacial score (nSPS) is 11.2. The lowest BCUT2D eigenvalue weighted by atomic mass is 9.95. The molecule has 0 radical (unpaired) electrons. The number of aromatic hydroxyl groups is 2. The predicted molar refractivity (Wildman–Crippen MR) is 128 cm³/mol. The Labute approximate surface area is 191 Å². The Morgan fingerprint density at radius 3 is 2.34 bits per heavy atom. The zero-order valence-corrected chi connectivity index (χ0v) is 19.7. The number of aryl methyl sites for hydroxylation is 1. The second-order valence-corrected chi connectivity index (χ2v) is 8.14. The second kappa shape index (κ2) is 12.0. The molecule has 0 atom stereocenters. The van der Waals surface area contributed by atoms with Gasteiger partial charge in [0.1, 0.15) is 11.5 Å². The van der Waals surface area contributed by atoms with Crippen molar-refractivity contribution in [1.29, 1.82) is 0 Å². The fourth-order valence-electron chi connectivity index (χ4n) is 3.51. The molecule has 0 saturated heterocycles. The zero-order valence-electron chi connectivity index (χ0n) is 19.7. The Morgan fingerprint density at radius 2 is 1.72 bits per heavy atom. The maximum atomic E-state index is 12.7. The molecule has 2 rings (SSSR count). The first-order valence-electron chi connectivity index (χ1n) is 10.8. The van der Waals surface area contributed by atoms with E-state index in [2.05, 4.69) is 32.9 Å². The van der Waals surface area contributed by atoms with Crippen molar-refractivity contribution in [2.45, 2.75) is 52.9 Å². The average Bonchev–Trinajstić information content (AvgIpc) is 2.76. The molecule has 0 heterocycles. The van der Waals surface area contributed by atoms with E-state index in [9.17, 15) is 15.0 Å². The first-order chi connectivity index (χ1) is 15.3. The number of methoxy groups -OCH3 is 2. The number of Topliss-reactive ketones (excluding diaryl/α,β-unsaturated/α-hetero) is 1.